The molecule has 0 fully saturated rings. The number of benzene rings is 1. The van der Waals surface area contributed by atoms with Crippen LogP contribution in [0.2, 0.25) is 0 Å². The lowest BCUT2D eigenvalue weighted by Crippen LogP contribution is -2.00. The third-order valence-electron chi connectivity index (χ3n) is 2.68. The number of carbonyl (C=O) groups is 1. The molecule has 2 aromatic rings. The molecule has 0 saturated carbocycles. The fraction of sp³-hybridized carbons (Fsp3) is 0.286. The van der Waals surface area contributed by atoms with Gasteiger partial charge in [0.2, 0.25) is 5.89 Å². The van der Waals surface area contributed by atoms with E-state index < -0.39 is 5.97 Å². The maximum Gasteiger partial charge on any atom is 0.358 e. The van der Waals surface area contributed by atoms with E-state index in [4.69, 9.17) is 9.52 Å². The summed E-state index contributed by atoms with van der Waals surface area (Å²) in [6.45, 7) is 3.96. The third-order valence-corrected chi connectivity index (χ3v) is 2.68. The Bertz CT molecular complexity index is 555. The Morgan fingerprint density at radius 3 is 2.56 bits per heavy atom. The molecule has 1 heterocycles. The molecule has 0 aliphatic heterocycles. The zero-order valence-electron chi connectivity index (χ0n) is 10.4. The number of rotatable bonds is 4. The minimum Gasteiger partial charge on any atom is -0.476 e. The van der Waals surface area contributed by atoms with Crippen molar-refractivity contribution in [2.75, 3.05) is 0 Å². The summed E-state index contributed by atoms with van der Waals surface area (Å²) < 4.78 is 5.55. The third kappa shape index (κ3) is 2.42. The maximum absolute atomic E-state index is 11.1. The van der Waals surface area contributed by atoms with Crippen LogP contribution in [-0.4, -0.2) is 16.1 Å². The van der Waals surface area contributed by atoms with E-state index in [-0.39, 0.29) is 5.69 Å². The summed E-state index contributed by atoms with van der Waals surface area (Å²) in [5, 5.41) is 9.07. The lowest BCUT2D eigenvalue weighted by atomic mass is 10.1. The minimum atomic E-state index is -1.04. The molecule has 0 amide bonds. The monoisotopic (exact) mass is 245 g/mol. The number of hydrogen-bond acceptors (Lipinski definition) is 3. The van der Waals surface area contributed by atoms with E-state index in [1.54, 1.807) is 0 Å². The maximum atomic E-state index is 11.1. The predicted molar refractivity (Wildman–Crippen MR) is 67.6 cm³/mol. The Balaban J connectivity index is 2.42. The molecule has 18 heavy (non-hydrogen) atoms. The average Bonchev–Trinajstić information content (AvgIpc) is 2.75. The van der Waals surface area contributed by atoms with Crippen molar-refractivity contribution < 1.29 is 14.3 Å². The average molecular weight is 245 g/mol. The second-order valence-electron chi connectivity index (χ2n) is 4.21. The Hall–Kier alpha value is -2.10. The number of nitrogens with zero attached hydrogens (tertiary/aromatic N) is 1. The number of carboxylic acid groups (broad SMARTS) is 1. The lowest BCUT2D eigenvalue weighted by molar-refractivity contribution is 0.0689. The molecule has 1 aromatic heterocycles. The van der Waals surface area contributed by atoms with Gasteiger partial charge in [0.25, 0.3) is 0 Å². The molecule has 0 atom stereocenters. The molecule has 1 N–H and O–H groups in total. The van der Waals surface area contributed by atoms with Crippen molar-refractivity contribution in [2.24, 2.45) is 0 Å². The van der Waals surface area contributed by atoms with Gasteiger partial charge >= 0.3 is 5.97 Å². The van der Waals surface area contributed by atoms with Crippen LogP contribution in [0.4, 0.5) is 0 Å². The van der Waals surface area contributed by atoms with Crippen LogP contribution in [0, 0.1) is 6.92 Å². The summed E-state index contributed by atoms with van der Waals surface area (Å²) >= 11 is 0. The second-order valence-corrected chi connectivity index (χ2v) is 4.21. The van der Waals surface area contributed by atoms with Crippen LogP contribution in [0.25, 0.3) is 11.5 Å². The summed E-state index contributed by atoms with van der Waals surface area (Å²) in [6, 6.07) is 7.64. The van der Waals surface area contributed by atoms with E-state index in [1.165, 1.54) is 0 Å². The minimum absolute atomic E-state index is 0.0208. The van der Waals surface area contributed by atoms with E-state index in [0.717, 1.165) is 17.5 Å². The van der Waals surface area contributed by atoms with Crippen molar-refractivity contribution in [3.8, 4) is 11.5 Å². The molecule has 2 rings (SSSR count). The molecule has 0 radical (unpaired) electrons. The standard InChI is InChI=1S/C14H15NO3/c1-3-4-11-12(14(16)17)15-13(18-11)10-7-5-9(2)6-8-10/h5-8H,3-4H2,1-2H3,(H,16,17). The van der Waals surface area contributed by atoms with Crippen molar-refractivity contribution in [1.29, 1.82) is 0 Å². The zero-order chi connectivity index (χ0) is 13.1. The van der Waals surface area contributed by atoms with Gasteiger partial charge in [-0.1, -0.05) is 24.6 Å². The molecule has 94 valence electrons. The summed E-state index contributed by atoms with van der Waals surface area (Å²) in [6.07, 6.45) is 1.41. The zero-order valence-corrected chi connectivity index (χ0v) is 10.4. The van der Waals surface area contributed by atoms with Gasteiger partial charge in [0, 0.05) is 12.0 Å². The largest absolute Gasteiger partial charge is 0.476 e. The quantitative estimate of drug-likeness (QED) is 0.897. The molecule has 0 spiro atoms. The highest BCUT2D eigenvalue weighted by Crippen LogP contribution is 2.23. The number of hydrogen-bond donors (Lipinski definition) is 1. The van der Waals surface area contributed by atoms with Crippen molar-refractivity contribution in [3.05, 3.63) is 41.3 Å². The van der Waals surface area contributed by atoms with E-state index in [2.05, 4.69) is 4.98 Å². The van der Waals surface area contributed by atoms with E-state index >= 15 is 0 Å². The van der Waals surface area contributed by atoms with Gasteiger partial charge in [-0.3, -0.25) is 0 Å². The first kappa shape index (κ1) is 12.4. The molecule has 4 heteroatoms. The fourth-order valence-electron chi connectivity index (χ4n) is 1.73. The van der Waals surface area contributed by atoms with Crippen molar-refractivity contribution in [2.45, 2.75) is 26.7 Å². The normalized spacial score (nSPS) is 10.6. The highest BCUT2D eigenvalue weighted by molar-refractivity contribution is 5.87. The van der Waals surface area contributed by atoms with Gasteiger partial charge in [0.1, 0.15) is 5.76 Å². The summed E-state index contributed by atoms with van der Waals surface area (Å²) in [4.78, 5) is 15.1. The van der Waals surface area contributed by atoms with Crippen molar-refractivity contribution in [3.63, 3.8) is 0 Å². The van der Waals surface area contributed by atoms with Crippen molar-refractivity contribution >= 4 is 5.97 Å². The molecule has 0 saturated heterocycles. The number of aromatic nitrogens is 1. The van der Waals surface area contributed by atoms with Gasteiger partial charge in [0.15, 0.2) is 5.69 Å². The van der Waals surface area contributed by atoms with Gasteiger partial charge in [0.05, 0.1) is 0 Å². The van der Waals surface area contributed by atoms with Gasteiger partial charge in [-0.2, -0.15) is 0 Å². The fourth-order valence-corrected chi connectivity index (χ4v) is 1.73. The smallest absolute Gasteiger partial charge is 0.358 e. The van der Waals surface area contributed by atoms with Crippen LogP contribution < -0.4 is 0 Å². The highest BCUT2D eigenvalue weighted by atomic mass is 16.4. The second kappa shape index (κ2) is 5.04. The molecular weight excluding hydrogens is 230 g/mol. The number of aryl methyl sites for hydroxylation is 2. The van der Waals surface area contributed by atoms with Crippen LogP contribution >= 0.6 is 0 Å². The van der Waals surface area contributed by atoms with Gasteiger partial charge in [-0.25, -0.2) is 9.78 Å². The van der Waals surface area contributed by atoms with Gasteiger partial charge in [-0.05, 0) is 25.5 Å². The van der Waals surface area contributed by atoms with Crippen LogP contribution in [0.5, 0.6) is 0 Å². The predicted octanol–water partition coefficient (Wildman–Crippen LogP) is 3.30. The Kier molecular flexibility index (Phi) is 3.46. The molecule has 0 aliphatic carbocycles. The van der Waals surface area contributed by atoms with Crippen LogP contribution in [0.1, 0.15) is 35.2 Å². The van der Waals surface area contributed by atoms with Gasteiger partial charge in [-0.15, -0.1) is 0 Å². The van der Waals surface area contributed by atoms with E-state index in [0.29, 0.717) is 18.1 Å². The summed E-state index contributed by atoms with van der Waals surface area (Å²) in [5.41, 5.74) is 1.95. The molecule has 4 nitrogen and oxygen atoms in total. The molecule has 0 bridgehead atoms. The van der Waals surface area contributed by atoms with E-state index in [9.17, 15) is 4.79 Å². The molecule has 1 aromatic carbocycles. The summed E-state index contributed by atoms with van der Waals surface area (Å²) in [7, 11) is 0. The first-order valence-corrected chi connectivity index (χ1v) is 5.92. The summed E-state index contributed by atoms with van der Waals surface area (Å²) in [5.74, 6) is -0.225. The Morgan fingerprint density at radius 2 is 2.00 bits per heavy atom. The Morgan fingerprint density at radius 1 is 1.33 bits per heavy atom. The Labute approximate surface area is 105 Å². The molecule has 0 aliphatic rings. The number of carboxylic acids is 1. The van der Waals surface area contributed by atoms with E-state index in [1.807, 2.05) is 38.1 Å². The SMILES string of the molecule is CCCc1oc(-c2ccc(C)cc2)nc1C(=O)O. The van der Waals surface area contributed by atoms with Crippen LogP contribution in [0.15, 0.2) is 28.7 Å². The van der Waals surface area contributed by atoms with Crippen LogP contribution in [-0.2, 0) is 6.42 Å². The topological polar surface area (TPSA) is 63.3 Å². The molecular formula is C14H15NO3. The lowest BCUT2D eigenvalue weighted by Gasteiger charge is -1.96. The highest BCUT2D eigenvalue weighted by Gasteiger charge is 2.19. The first-order valence-electron chi connectivity index (χ1n) is 5.92. The van der Waals surface area contributed by atoms with Crippen molar-refractivity contribution in [1.82, 2.24) is 4.98 Å². The van der Waals surface area contributed by atoms with Gasteiger partial charge < -0.3 is 9.52 Å². The number of oxazole rings is 1. The number of aromatic carboxylic acids is 1. The molecule has 0 unspecified atom stereocenters. The first-order chi connectivity index (χ1) is 8.61. The van der Waals surface area contributed by atoms with Crippen LogP contribution in [0.3, 0.4) is 0 Å².